The maximum Gasteiger partial charge on any atom is 0.229 e. The smallest absolute Gasteiger partial charge is 0.229 e. The topological polar surface area (TPSA) is 89.8 Å². The number of anilines is 1. The highest BCUT2D eigenvalue weighted by Crippen LogP contribution is 2.25. The van der Waals surface area contributed by atoms with Crippen LogP contribution in [-0.2, 0) is 22.8 Å². The van der Waals surface area contributed by atoms with Crippen LogP contribution >= 0.6 is 11.8 Å². The second-order valence-electron chi connectivity index (χ2n) is 5.47. The zero-order valence-corrected chi connectivity index (χ0v) is 15.4. The Morgan fingerprint density at radius 1 is 1.16 bits per heavy atom. The third-order valence-corrected chi connectivity index (χ3v) is 5.07. The molecule has 130 valence electrons. The fourth-order valence-corrected chi connectivity index (χ4v) is 3.63. The fraction of sp³-hybridized carbons (Fsp3) is 0.188. The summed E-state index contributed by atoms with van der Waals surface area (Å²) >= 11 is 1.58. The molecule has 3 rings (SSSR count). The predicted molar refractivity (Wildman–Crippen MR) is 98.7 cm³/mol. The number of hydrogen-bond acceptors (Lipinski definition) is 6. The van der Waals surface area contributed by atoms with Crippen molar-refractivity contribution in [1.29, 1.82) is 0 Å². The lowest BCUT2D eigenvalue weighted by molar-refractivity contribution is 0.607. The number of hydrogen-bond donors (Lipinski definition) is 1. The van der Waals surface area contributed by atoms with Crippen molar-refractivity contribution in [2.75, 3.05) is 11.0 Å². The molecule has 0 aliphatic rings. The van der Waals surface area contributed by atoms with Crippen LogP contribution in [0, 0.1) is 0 Å². The maximum absolute atomic E-state index is 11.3. The number of nitrogens with zero attached hydrogens (tertiary/aromatic N) is 4. The van der Waals surface area contributed by atoms with Gasteiger partial charge in [0.2, 0.25) is 10.0 Å². The Morgan fingerprint density at radius 2 is 1.92 bits per heavy atom. The van der Waals surface area contributed by atoms with E-state index in [1.54, 1.807) is 30.1 Å². The quantitative estimate of drug-likeness (QED) is 0.666. The summed E-state index contributed by atoms with van der Waals surface area (Å²) < 4.78 is 26.9. The predicted octanol–water partition coefficient (Wildman–Crippen LogP) is 2.54. The molecule has 0 saturated carbocycles. The van der Waals surface area contributed by atoms with E-state index in [-0.39, 0.29) is 0 Å². The Morgan fingerprint density at radius 3 is 2.56 bits per heavy atom. The molecule has 0 aliphatic heterocycles. The summed E-state index contributed by atoms with van der Waals surface area (Å²) in [5.41, 5.74) is 2.50. The highest BCUT2D eigenvalue weighted by molar-refractivity contribution is 7.98. The van der Waals surface area contributed by atoms with Crippen LogP contribution in [0.5, 0.6) is 0 Å². The van der Waals surface area contributed by atoms with E-state index >= 15 is 0 Å². The van der Waals surface area contributed by atoms with Crippen LogP contribution in [0.15, 0.2) is 53.9 Å². The molecular weight excluding hydrogens is 358 g/mol. The van der Waals surface area contributed by atoms with Gasteiger partial charge in [-0.05, 0) is 35.9 Å². The first kappa shape index (κ1) is 17.4. The summed E-state index contributed by atoms with van der Waals surface area (Å²) in [7, 11) is -1.38. The van der Waals surface area contributed by atoms with Gasteiger partial charge < -0.3 is 4.57 Å². The second kappa shape index (κ2) is 7.24. The van der Waals surface area contributed by atoms with E-state index in [0.717, 1.165) is 34.1 Å². The third kappa shape index (κ3) is 4.58. The summed E-state index contributed by atoms with van der Waals surface area (Å²) in [4.78, 5) is 4.10. The minimum absolute atomic E-state index is 0.514. The molecule has 7 nitrogen and oxygen atoms in total. The Labute approximate surface area is 150 Å². The van der Waals surface area contributed by atoms with Crippen LogP contribution in [0.1, 0.15) is 5.56 Å². The van der Waals surface area contributed by atoms with Crippen molar-refractivity contribution in [2.45, 2.75) is 10.9 Å². The Bertz CT molecular complexity index is 954. The van der Waals surface area contributed by atoms with Crippen molar-refractivity contribution in [1.82, 2.24) is 19.7 Å². The molecular formula is C16H17N5O2S2. The summed E-state index contributed by atoms with van der Waals surface area (Å²) in [6, 6.07) is 11.0. The van der Waals surface area contributed by atoms with Crippen molar-refractivity contribution < 1.29 is 8.42 Å². The van der Waals surface area contributed by atoms with E-state index in [2.05, 4.69) is 19.9 Å². The van der Waals surface area contributed by atoms with Gasteiger partial charge in [0, 0.05) is 36.4 Å². The average molecular weight is 375 g/mol. The molecule has 0 unspecified atom stereocenters. The maximum atomic E-state index is 11.3. The van der Waals surface area contributed by atoms with Gasteiger partial charge in [-0.1, -0.05) is 17.8 Å². The summed E-state index contributed by atoms with van der Waals surface area (Å²) in [5, 5.41) is 9.28. The Hall–Kier alpha value is -2.39. The van der Waals surface area contributed by atoms with Gasteiger partial charge in [0.15, 0.2) is 11.0 Å². The van der Waals surface area contributed by atoms with E-state index in [0.29, 0.717) is 5.69 Å². The number of benzene rings is 1. The zero-order valence-electron chi connectivity index (χ0n) is 13.7. The van der Waals surface area contributed by atoms with E-state index in [1.165, 1.54) is 0 Å². The molecule has 0 radical (unpaired) electrons. The van der Waals surface area contributed by atoms with Crippen molar-refractivity contribution in [3.63, 3.8) is 0 Å². The minimum Gasteiger partial charge on any atom is -0.305 e. The van der Waals surface area contributed by atoms with Gasteiger partial charge in [0.05, 0.1) is 6.26 Å². The van der Waals surface area contributed by atoms with E-state index in [9.17, 15) is 8.42 Å². The molecule has 0 bridgehead atoms. The Balaban J connectivity index is 1.74. The van der Waals surface area contributed by atoms with Crippen LogP contribution in [-0.4, -0.2) is 34.4 Å². The molecule has 1 aromatic carbocycles. The highest BCUT2D eigenvalue weighted by Gasteiger charge is 2.12. The average Bonchev–Trinajstić information content (AvgIpc) is 2.94. The highest BCUT2D eigenvalue weighted by atomic mass is 32.2. The number of nitrogens with one attached hydrogen (secondary N) is 1. The first-order valence-electron chi connectivity index (χ1n) is 7.42. The SMILES string of the molecule is Cn1c(SCc2cccnc2)nnc1-c1ccc(NS(C)(=O)=O)cc1. The van der Waals surface area contributed by atoms with Gasteiger partial charge in [0.25, 0.3) is 0 Å². The monoisotopic (exact) mass is 375 g/mol. The number of pyridine rings is 1. The molecule has 9 heteroatoms. The van der Waals surface area contributed by atoms with E-state index in [1.807, 2.05) is 42.1 Å². The van der Waals surface area contributed by atoms with Gasteiger partial charge in [-0.3, -0.25) is 9.71 Å². The first-order valence-corrected chi connectivity index (χ1v) is 10.3. The normalized spacial score (nSPS) is 11.4. The number of sulfonamides is 1. The minimum atomic E-state index is -3.28. The molecule has 25 heavy (non-hydrogen) atoms. The van der Waals surface area contributed by atoms with Gasteiger partial charge in [0.1, 0.15) is 0 Å². The first-order chi connectivity index (χ1) is 11.9. The third-order valence-electron chi connectivity index (χ3n) is 3.37. The van der Waals surface area contributed by atoms with Crippen molar-refractivity contribution in [2.24, 2.45) is 7.05 Å². The summed E-state index contributed by atoms with van der Waals surface area (Å²) in [6.45, 7) is 0. The van der Waals surface area contributed by atoms with Crippen LogP contribution < -0.4 is 4.72 Å². The fourth-order valence-electron chi connectivity index (χ4n) is 2.22. The lowest BCUT2D eigenvalue weighted by Crippen LogP contribution is -2.09. The molecule has 2 aromatic heterocycles. The van der Waals surface area contributed by atoms with E-state index < -0.39 is 10.0 Å². The molecule has 0 fully saturated rings. The Kier molecular flexibility index (Phi) is 5.05. The van der Waals surface area contributed by atoms with Gasteiger partial charge in [-0.15, -0.1) is 10.2 Å². The lowest BCUT2D eigenvalue weighted by atomic mass is 10.2. The van der Waals surface area contributed by atoms with E-state index in [4.69, 9.17) is 0 Å². The molecule has 0 amide bonds. The van der Waals surface area contributed by atoms with Crippen LogP contribution in [0.3, 0.4) is 0 Å². The number of rotatable bonds is 6. The summed E-state index contributed by atoms with van der Waals surface area (Å²) in [6.07, 6.45) is 4.70. The standard InChI is InChI=1S/C16H17N5O2S2/c1-21-15(13-5-7-14(8-6-13)20-25(2,22)23)18-19-16(21)24-11-12-4-3-9-17-10-12/h3-10,20H,11H2,1-2H3. The van der Waals surface area contributed by atoms with Crippen LogP contribution in [0.4, 0.5) is 5.69 Å². The number of aromatic nitrogens is 4. The summed E-state index contributed by atoms with van der Waals surface area (Å²) in [5.74, 6) is 1.48. The van der Waals surface area contributed by atoms with Crippen molar-refractivity contribution >= 4 is 27.5 Å². The van der Waals surface area contributed by atoms with Crippen LogP contribution in [0.2, 0.25) is 0 Å². The molecule has 0 saturated heterocycles. The molecule has 2 heterocycles. The zero-order chi connectivity index (χ0) is 17.9. The van der Waals surface area contributed by atoms with Crippen molar-refractivity contribution in [3.8, 4) is 11.4 Å². The molecule has 1 N–H and O–H groups in total. The van der Waals surface area contributed by atoms with Crippen molar-refractivity contribution in [3.05, 3.63) is 54.4 Å². The van der Waals surface area contributed by atoms with Gasteiger partial charge >= 0.3 is 0 Å². The molecule has 3 aromatic rings. The van der Waals surface area contributed by atoms with Gasteiger partial charge in [-0.25, -0.2) is 8.42 Å². The molecule has 0 aliphatic carbocycles. The number of thioether (sulfide) groups is 1. The largest absolute Gasteiger partial charge is 0.305 e. The van der Waals surface area contributed by atoms with Crippen LogP contribution in [0.25, 0.3) is 11.4 Å². The molecule has 0 spiro atoms. The van der Waals surface area contributed by atoms with Gasteiger partial charge in [-0.2, -0.15) is 0 Å². The molecule has 0 atom stereocenters. The lowest BCUT2D eigenvalue weighted by Gasteiger charge is -2.06. The second-order valence-corrected chi connectivity index (χ2v) is 8.16.